The number of nitrogens with two attached hydrogens (primary N) is 1. The van der Waals surface area contributed by atoms with Crippen molar-refractivity contribution in [3.8, 4) is 0 Å². The van der Waals surface area contributed by atoms with Crippen LogP contribution in [0.25, 0.3) is 0 Å². The van der Waals surface area contributed by atoms with Crippen LogP contribution >= 0.6 is 7.37 Å². The van der Waals surface area contributed by atoms with E-state index in [4.69, 9.17) is 5.73 Å². The maximum absolute atomic E-state index is 13.3. The van der Waals surface area contributed by atoms with E-state index >= 15 is 0 Å². The highest BCUT2D eigenvalue weighted by Crippen LogP contribution is 2.52. The number of rotatable bonds is 9. The highest BCUT2D eigenvalue weighted by molar-refractivity contribution is 7.90. The largest absolute Gasteiger partial charge is 0.481 e. The van der Waals surface area contributed by atoms with Gasteiger partial charge in [0.25, 0.3) is 0 Å². The monoisotopic (exact) mass is 522 g/mol. The molecule has 13 heteroatoms. The van der Waals surface area contributed by atoms with Crippen molar-refractivity contribution >= 4 is 29.0 Å². The number of hydrogen-bond donors (Lipinski definition) is 4. The number of benzene rings is 2. The summed E-state index contributed by atoms with van der Waals surface area (Å²) in [4.78, 5) is 22.0. The molecule has 0 radical (unpaired) electrons. The first-order valence-corrected chi connectivity index (χ1v) is 13.5. The van der Waals surface area contributed by atoms with Crippen molar-refractivity contribution in [3.63, 3.8) is 0 Å². The number of aliphatic carboxylic acids is 1. The Labute approximate surface area is 195 Å². The van der Waals surface area contributed by atoms with Crippen molar-refractivity contribution in [2.45, 2.75) is 43.5 Å². The second-order valence-corrected chi connectivity index (χ2v) is 12.4. The smallest absolute Gasteiger partial charge is 0.416 e. The molecule has 0 saturated carbocycles. The third kappa shape index (κ3) is 6.38. The lowest BCUT2D eigenvalue weighted by Crippen LogP contribution is -2.39. The molecule has 0 fully saturated rings. The van der Waals surface area contributed by atoms with Crippen molar-refractivity contribution in [3.05, 3.63) is 59.2 Å². The predicted molar refractivity (Wildman–Crippen MR) is 121 cm³/mol. The van der Waals surface area contributed by atoms with Gasteiger partial charge in [-0.3, -0.25) is 9.36 Å². The van der Waals surface area contributed by atoms with Crippen LogP contribution in [0.1, 0.15) is 36.5 Å². The fourth-order valence-electron chi connectivity index (χ4n) is 3.49. The van der Waals surface area contributed by atoms with Crippen molar-refractivity contribution < 1.29 is 40.9 Å². The average Bonchev–Trinajstić information content (AvgIpc) is 2.71. The van der Waals surface area contributed by atoms with E-state index in [1.54, 1.807) is 6.92 Å². The van der Waals surface area contributed by atoms with Crippen LogP contribution in [0.15, 0.2) is 47.4 Å². The van der Waals surface area contributed by atoms with Gasteiger partial charge in [-0.05, 0) is 48.2 Å². The summed E-state index contributed by atoms with van der Waals surface area (Å²) in [5.74, 6) is -5.34. The molecule has 0 saturated heterocycles. The molecule has 2 aromatic rings. The van der Waals surface area contributed by atoms with Crippen LogP contribution in [0, 0.1) is 12.8 Å². The minimum absolute atomic E-state index is 0.199. The second-order valence-electron chi connectivity index (χ2n) is 8.23. The number of carbonyl (C=O) groups is 1. The first-order chi connectivity index (χ1) is 15.5. The van der Waals surface area contributed by atoms with Crippen LogP contribution in [-0.4, -0.2) is 36.3 Å². The highest BCUT2D eigenvalue weighted by atomic mass is 32.2. The maximum Gasteiger partial charge on any atom is 0.416 e. The Morgan fingerprint density at radius 3 is 2.29 bits per heavy atom. The zero-order valence-electron chi connectivity index (χ0n) is 18.6. The third-order valence-corrected chi connectivity index (χ3v) is 9.45. The van der Waals surface area contributed by atoms with Gasteiger partial charge >= 0.3 is 12.1 Å². The first-order valence-electron chi connectivity index (χ1n) is 10.1. The van der Waals surface area contributed by atoms with Gasteiger partial charge in [-0.2, -0.15) is 17.9 Å². The number of sulfonamides is 1. The van der Waals surface area contributed by atoms with Crippen molar-refractivity contribution in [1.82, 2.24) is 4.72 Å². The second kappa shape index (κ2) is 10.1. The first kappa shape index (κ1) is 27.8. The molecule has 0 spiro atoms. The Bertz CT molecular complexity index is 1220. The Kier molecular flexibility index (Phi) is 8.25. The SMILES string of the molecule is Cc1c(N)cccc1C(CP(=O)(O)C(NS(=O)(=O)c1cccc(C(F)(F)F)c1)C(C)C)C(=O)O. The van der Waals surface area contributed by atoms with E-state index in [0.29, 0.717) is 17.7 Å². The molecule has 188 valence electrons. The van der Waals surface area contributed by atoms with Gasteiger partial charge in [0.15, 0.2) is 0 Å². The van der Waals surface area contributed by atoms with Crippen LogP contribution in [0.4, 0.5) is 18.9 Å². The quantitative estimate of drug-likeness (QED) is 0.288. The normalized spacial score (nSPS) is 16.1. The standard InChI is InChI=1S/C21H26F3N2O6PS/c1-12(2)19(26-34(31,32)15-7-4-6-14(10-15)21(22,23)24)33(29,30)11-17(20(27)28)16-8-5-9-18(25)13(16)3/h4-10,12,17,19,26H,11,25H2,1-3H3,(H,27,28)(H,29,30). The third-order valence-electron chi connectivity index (χ3n) is 5.35. The molecule has 0 aromatic heterocycles. The number of anilines is 1. The van der Waals surface area contributed by atoms with Gasteiger partial charge in [0.1, 0.15) is 5.78 Å². The molecule has 0 aliphatic heterocycles. The molecule has 3 unspecified atom stereocenters. The van der Waals surface area contributed by atoms with Crippen LogP contribution < -0.4 is 10.5 Å². The van der Waals surface area contributed by atoms with Crippen molar-refractivity contribution in [1.29, 1.82) is 0 Å². The number of nitrogens with one attached hydrogen (secondary N) is 1. The summed E-state index contributed by atoms with van der Waals surface area (Å²) in [6, 6.07) is 7.42. The fourth-order valence-corrected chi connectivity index (χ4v) is 7.86. The minimum Gasteiger partial charge on any atom is -0.481 e. The molecule has 5 N–H and O–H groups in total. The molecule has 3 atom stereocenters. The molecule has 0 bridgehead atoms. The molecule has 0 amide bonds. The number of nitrogen functional groups attached to an aromatic ring is 1. The number of carboxylic acid groups (broad SMARTS) is 1. The van der Waals surface area contributed by atoms with Crippen molar-refractivity contribution in [2.75, 3.05) is 11.9 Å². The lowest BCUT2D eigenvalue weighted by atomic mass is 9.95. The molecular formula is C21H26F3N2O6PS. The molecule has 2 aromatic carbocycles. The summed E-state index contributed by atoms with van der Waals surface area (Å²) in [6.45, 7) is 4.42. The van der Waals surface area contributed by atoms with Crippen LogP contribution in [-0.2, 0) is 25.6 Å². The summed E-state index contributed by atoms with van der Waals surface area (Å²) in [7, 11) is -9.22. The maximum atomic E-state index is 13.3. The van der Waals surface area contributed by atoms with E-state index < -0.39 is 63.8 Å². The molecule has 0 aliphatic rings. The minimum atomic E-state index is -4.79. The van der Waals surface area contributed by atoms with E-state index in [1.807, 2.05) is 4.72 Å². The van der Waals surface area contributed by atoms with Gasteiger partial charge in [-0.15, -0.1) is 0 Å². The molecule has 0 heterocycles. The van der Waals surface area contributed by atoms with E-state index in [2.05, 4.69) is 0 Å². The van der Waals surface area contributed by atoms with Crippen LogP contribution in [0.5, 0.6) is 0 Å². The lowest BCUT2D eigenvalue weighted by Gasteiger charge is -2.29. The fraction of sp³-hybridized carbons (Fsp3) is 0.381. The molecule has 8 nitrogen and oxygen atoms in total. The van der Waals surface area contributed by atoms with Gasteiger partial charge < -0.3 is 15.7 Å². The summed E-state index contributed by atoms with van der Waals surface area (Å²) < 4.78 is 80.0. The Morgan fingerprint density at radius 1 is 1.18 bits per heavy atom. The molecular weight excluding hydrogens is 496 g/mol. The van der Waals surface area contributed by atoms with E-state index in [9.17, 15) is 40.9 Å². The zero-order chi connectivity index (χ0) is 26.1. The van der Waals surface area contributed by atoms with Gasteiger partial charge in [-0.25, -0.2) is 8.42 Å². The summed E-state index contributed by atoms with van der Waals surface area (Å²) in [5.41, 5.74) is 5.50. The number of carboxylic acids is 1. The molecule has 0 aliphatic carbocycles. The van der Waals surface area contributed by atoms with E-state index in [0.717, 1.165) is 12.1 Å². The topological polar surface area (TPSA) is 147 Å². The Hall–Kier alpha value is -2.40. The van der Waals surface area contributed by atoms with E-state index in [1.165, 1.54) is 32.0 Å². The predicted octanol–water partition coefficient (Wildman–Crippen LogP) is 4.00. The summed E-state index contributed by atoms with van der Waals surface area (Å²) >= 11 is 0. The number of hydrogen-bond acceptors (Lipinski definition) is 5. The molecule has 2 rings (SSSR count). The Morgan fingerprint density at radius 2 is 1.76 bits per heavy atom. The van der Waals surface area contributed by atoms with Crippen molar-refractivity contribution in [2.24, 2.45) is 5.92 Å². The average molecular weight is 522 g/mol. The van der Waals surface area contributed by atoms with Gasteiger partial charge in [-0.1, -0.05) is 32.0 Å². The molecule has 34 heavy (non-hydrogen) atoms. The van der Waals surface area contributed by atoms with Gasteiger partial charge in [0.2, 0.25) is 17.4 Å². The van der Waals surface area contributed by atoms with E-state index in [-0.39, 0.29) is 11.3 Å². The highest BCUT2D eigenvalue weighted by Gasteiger charge is 2.41. The summed E-state index contributed by atoms with van der Waals surface area (Å²) in [5, 5.41) is 9.72. The lowest BCUT2D eigenvalue weighted by molar-refractivity contribution is -0.139. The van der Waals surface area contributed by atoms with Gasteiger partial charge in [0, 0.05) is 11.8 Å². The van der Waals surface area contributed by atoms with Crippen LogP contribution in [0.2, 0.25) is 0 Å². The van der Waals surface area contributed by atoms with Crippen LogP contribution in [0.3, 0.4) is 0 Å². The Balaban J connectivity index is 2.44. The zero-order valence-corrected chi connectivity index (χ0v) is 20.3. The van der Waals surface area contributed by atoms with Gasteiger partial charge in [0.05, 0.1) is 16.4 Å². The summed E-state index contributed by atoms with van der Waals surface area (Å²) in [6.07, 6.45) is -5.61. The number of halogens is 3. The number of alkyl halides is 3.